The molecule has 0 N–H and O–H groups in total. The van der Waals surface area contributed by atoms with Gasteiger partial charge in [-0.3, -0.25) is 0 Å². The van der Waals surface area contributed by atoms with Crippen LogP contribution >= 0.6 is 11.6 Å². The molecule has 6 rings (SSSR count). The molecule has 0 aromatic heterocycles. The molecule has 3 aromatic rings. The molecule has 3 heterocycles. The second-order valence-electron chi connectivity index (χ2n) is 7.78. The molecular formula is C24H19ClN2O3. The third-order valence-electron chi connectivity index (χ3n) is 5.82. The van der Waals surface area contributed by atoms with Gasteiger partial charge in [-0.05, 0) is 43.3 Å². The molecule has 6 heteroatoms. The highest BCUT2D eigenvalue weighted by Crippen LogP contribution is 2.48. The van der Waals surface area contributed by atoms with Crippen LogP contribution in [-0.2, 0) is 0 Å². The number of fused-ring (bicyclic) bond motifs is 4. The quantitative estimate of drug-likeness (QED) is 0.541. The predicted molar refractivity (Wildman–Crippen MR) is 114 cm³/mol. The van der Waals surface area contributed by atoms with Crippen LogP contribution in [-0.4, -0.2) is 17.5 Å². The van der Waals surface area contributed by atoms with E-state index in [0.717, 1.165) is 46.1 Å². The van der Waals surface area contributed by atoms with E-state index in [4.69, 9.17) is 30.9 Å². The van der Waals surface area contributed by atoms with Crippen LogP contribution < -0.4 is 14.2 Å². The molecule has 3 aliphatic heterocycles. The lowest BCUT2D eigenvalue weighted by molar-refractivity contribution is -0.0190. The summed E-state index contributed by atoms with van der Waals surface area (Å²) in [5.74, 6) is 2.39. The smallest absolute Gasteiger partial charge is 0.231 e. The minimum atomic E-state index is -0.296. The van der Waals surface area contributed by atoms with Crippen LogP contribution in [0.25, 0.3) is 0 Å². The Bertz CT molecular complexity index is 1180. The van der Waals surface area contributed by atoms with Crippen molar-refractivity contribution < 1.29 is 14.2 Å². The SMILES string of the molecule is Cc1ccc(C2Oc3ccc(Cl)cc3C3CC(c4ccc5c(c4)OCO5)=NN32)cc1. The van der Waals surface area contributed by atoms with Crippen LogP contribution in [0.4, 0.5) is 0 Å². The summed E-state index contributed by atoms with van der Waals surface area (Å²) in [4.78, 5) is 0. The summed E-state index contributed by atoms with van der Waals surface area (Å²) < 4.78 is 17.4. The van der Waals surface area contributed by atoms with Crippen molar-refractivity contribution in [3.63, 3.8) is 0 Å². The largest absolute Gasteiger partial charge is 0.464 e. The van der Waals surface area contributed by atoms with Gasteiger partial charge in [0.05, 0.1) is 11.8 Å². The van der Waals surface area contributed by atoms with Crippen molar-refractivity contribution in [2.45, 2.75) is 25.6 Å². The van der Waals surface area contributed by atoms with Gasteiger partial charge in [-0.2, -0.15) is 5.10 Å². The lowest BCUT2D eigenvalue weighted by Crippen LogP contribution is -2.33. The average molecular weight is 419 g/mol. The van der Waals surface area contributed by atoms with Crippen LogP contribution in [0.1, 0.15) is 40.9 Å². The van der Waals surface area contributed by atoms with E-state index >= 15 is 0 Å². The molecule has 2 unspecified atom stereocenters. The molecule has 150 valence electrons. The number of nitrogens with zero attached hydrogens (tertiary/aromatic N) is 2. The maximum Gasteiger partial charge on any atom is 0.231 e. The molecule has 3 aliphatic rings. The molecule has 3 aromatic carbocycles. The van der Waals surface area contributed by atoms with Crippen molar-refractivity contribution in [3.05, 3.63) is 87.9 Å². The summed E-state index contributed by atoms with van der Waals surface area (Å²) in [5, 5.41) is 7.76. The van der Waals surface area contributed by atoms with E-state index in [2.05, 4.69) is 36.2 Å². The van der Waals surface area contributed by atoms with Gasteiger partial charge >= 0.3 is 0 Å². The van der Waals surface area contributed by atoms with E-state index in [9.17, 15) is 0 Å². The highest BCUT2D eigenvalue weighted by atomic mass is 35.5. The van der Waals surface area contributed by atoms with Crippen molar-refractivity contribution in [1.82, 2.24) is 5.01 Å². The first-order valence-corrected chi connectivity index (χ1v) is 10.3. The van der Waals surface area contributed by atoms with E-state index < -0.39 is 0 Å². The summed E-state index contributed by atoms with van der Waals surface area (Å²) in [5.41, 5.74) is 5.36. The summed E-state index contributed by atoms with van der Waals surface area (Å²) in [6.45, 7) is 2.34. The van der Waals surface area contributed by atoms with Gasteiger partial charge in [0.15, 0.2) is 11.5 Å². The Morgan fingerprint density at radius 1 is 0.933 bits per heavy atom. The molecule has 2 atom stereocenters. The number of ether oxygens (including phenoxy) is 3. The summed E-state index contributed by atoms with van der Waals surface area (Å²) in [6.07, 6.45) is 0.467. The van der Waals surface area contributed by atoms with Crippen molar-refractivity contribution >= 4 is 17.3 Å². The maximum absolute atomic E-state index is 6.40. The number of benzene rings is 3. The minimum Gasteiger partial charge on any atom is -0.464 e. The van der Waals surface area contributed by atoms with E-state index in [0.29, 0.717) is 5.02 Å². The van der Waals surface area contributed by atoms with E-state index in [-0.39, 0.29) is 19.1 Å². The molecule has 0 aliphatic carbocycles. The van der Waals surface area contributed by atoms with Crippen molar-refractivity contribution in [1.29, 1.82) is 0 Å². The zero-order valence-electron chi connectivity index (χ0n) is 16.3. The van der Waals surface area contributed by atoms with Gasteiger partial charge in [0.25, 0.3) is 0 Å². The van der Waals surface area contributed by atoms with Gasteiger partial charge in [0.2, 0.25) is 13.0 Å². The second-order valence-corrected chi connectivity index (χ2v) is 8.21. The maximum atomic E-state index is 6.40. The highest BCUT2D eigenvalue weighted by Gasteiger charge is 2.41. The average Bonchev–Trinajstić information content (AvgIpc) is 3.41. The fourth-order valence-electron chi connectivity index (χ4n) is 4.26. The molecule has 0 spiro atoms. The van der Waals surface area contributed by atoms with Crippen LogP contribution in [0.15, 0.2) is 65.8 Å². The zero-order chi connectivity index (χ0) is 20.2. The molecule has 0 radical (unpaired) electrons. The number of hydrogen-bond donors (Lipinski definition) is 0. The van der Waals surface area contributed by atoms with E-state index in [1.165, 1.54) is 5.56 Å². The Morgan fingerprint density at radius 2 is 1.73 bits per heavy atom. The fraction of sp³-hybridized carbons (Fsp3) is 0.208. The third-order valence-corrected chi connectivity index (χ3v) is 6.06. The number of aryl methyl sites for hydroxylation is 1. The normalized spacial score (nSPS) is 21.0. The first-order chi connectivity index (χ1) is 14.7. The second kappa shape index (κ2) is 6.67. The Labute approximate surface area is 179 Å². The number of halogens is 1. The summed E-state index contributed by atoms with van der Waals surface area (Å²) in [7, 11) is 0. The van der Waals surface area contributed by atoms with E-state index in [1.54, 1.807) is 0 Å². The Morgan fingerprint density at radius 3 is 2.60 bits per heavy atom. The van der Waals surface area contributed by atoms with Gasteiger partial charge < -0.3 is 14.2 Å². The van der Waals surface area contributed by atoms with Crippen molar-refractivity contribution in [2.24, 2.45) is 5.10 Å². The summed E-state index contributed by atoms with van der Waals surface area (Å²) >= 11 is 6.31. The number of hydrogen-bond acceptors (Lipinski definition) is 5. The lowest BCUT2D eigenvalue weighted by atomic mass is 9.95. The highest BCUT2D eigenvalue weighted by molar-refractivity contribution is 6.30. The van der Waals surface area contributed by atoms with Gasteiger partial charge in [-0.15, -0.1) is 0 Å². The first-order valence-electron chi connectivity index (χ1n) is 9.94. The molecular weight excluding hydrogens is 400 g/mol. The molecule has 0 saturated carbocycles. The topological polar surface area (TPSA) is 43.3 Å². The van der Waals surface area contributed by atoms with Gasteiger partial charge in [0, 0.05) is 28.1 Å². The Balaban J connectivity index is 1.43. The number of rotatable bonds is 2. The lowest BCUT2D eigenvalue weighted by Gasteiger charge is -2.38. The molecule has 0 bridgehead atoms. The Hall–Kier alpha value is -3.18. The molecule has 0 amide bonds. The van der Waals surface area contributed by atoms with Crippen LogP contribution in [0.5, 0.6) is 17.2 Å². The van der Waals surface area contributed by atoms with E-state index in [1.807, 2.05) is 36.4 Å². The fourth-order valence-corrected chi connectivity index (χ4v) is 4.44. The van der Waals surface area contributed by atoms with Gasteiger partial charge in [-0.25, -0.2) is 5.01 Å². The third kappa shape index (κ3) is 2.81. The zero-order valence-corrected chi connectivity index (χ0v) is 17.1. The van der Waals surface area contributed by atoms with Crippen LogP contribution in [0.3, 0.4) is 0 Å². The first kappa shape index (κ1) is 17.7. The minimum absolute atomic E-state index is 0.0548. The molecule has 30 heavy (non-hydrogen) atoms. The van der Waals surface area contributed by atoms with Crippen LogP contribution in [0.2, 0.25) is 5.02 Å². The molecule has 0 fully saturated rings. The Kier molecular flexibility index (Phi) is 3.93. The summed E-state index contributed by atoms with van der Waals surface area (Å²) in [6, 6.07) is 20.2. The number of hydrazone groups is 1. The van der Waals surface area contributed by atoms with Gasteiger partial charge in [0.1, 0.15) is 5.75 Å². The predicted octanol–water partition coefficient (Wildman–Crippen LogP) is 5.62. The van der Waals surface area contributed by atoms with Crippen LogP contribution in [0, 0.1) is 6.92 Å². The van der Waals surface area contributed by atoms with Gasteiger partial charge in [-0.1, -0.05) is 41.4 Å². The standard InChI is InChI=1S/C24H19ClN2O3/c1-14-2-4-15(5-3-14)24-27-20(18-11-17(25)7-9-21(18)30-24)12-19(26-27)16-6-8-22-23(10-16)29-13-28-22/h2-11,20,24H,12-13H2,1H3. The van der Waals surface area contributed by atoms with Crippen molar-refractivity contribution in [2.75, 3.05) is 6.79 Å². The molecule has 0 saturated heterocycles. The molecule has 5 nitrogen and oxygen atoms in total. The van der Waals surface area contributed by atoms with Crippen molar-refractivity contribution in [3.8, 4) is 17.2 Å². The monoisotopic (exact) mass is 418 g/mol.